The minimum atomic E-state index is -0.825. The fourth-order valence-corrected chi connectivity index (χ4v) is 2.06. The summed E-state index contributed by atoms with van der Waals surface area (Å²) in [5.41, 5.74) is 1.88. The van der Waals surface area contributed by atoms with Gasteiger partial charge >= 0.3 is 0 Å². The highest BCUT2D eigenvalue weighted by Gasteiger charge is 2.20. The molecule has 1 aromatic rings. The summed E-state index contributed by atoms with van der Waals surface area (Å²) in [6.45, 7) is 1.39. The lowest BCUT2D eigenvalue weighted by molar-refractivity contribution is 0.0140. The van der Waals surface area contributed by atoms with E-state index in [-0.39, 0.29) is 0 Å². The maximum absolute atomic E-state index is 10.0. The summed E-state index contributed by atoms with van der Waals surface area (Å²) in [5.74, 6) is 0.894. The van der Waals surface area contributed by atoms with Crippen molar-refractivity contribution < 1.29 is 14.9 Å². The second-order valence-corrected chi connectivity index (χ2v) is 4.37. The number of rotatable bonds is 5. The Balaban J connectivity index is 2.06. The van der Waals surface area contributed by atoms with Gasteiger partial charge < -0.3 is 20.3 Å². The van der Waals surface area contributed by atoms with Crippen LogP contribution in [0.5, 0.6) is 5.75 Å². The van der Waals surface area contributed by atoms with Crippen molar-refractivity contribution in [1.82, 2.24) is 5.32 Å². The third-order valence-electron chi connectivity index (χ3n) is 3.11. The van der Waals surface area contributed by atoms with Gasteiger partial charge in [0.05, 0.1) is 12.7 Å². The topological polar surface area (TPSA) is 61.7 Å². The van der Waals surface area contributed by atoms with E-state index in [9.17, 15) is 10.2 Å². The van der Waals surface area contributed by atoms with Gasteiger partial charge in [-0.05, 0) is 43.3 Å². The van der Waals surface area contributed by atoms with Gasteiger partial charge in [0, 0.05) is 6.42 Å². The molecule has 1 aliphatic heterocycles. The van der Waals surface area contributed by atoms with E-state index in [1.165, 1.54) is 0 Å². The molecule has 1 aliphatic rings. The molecular weight excluding hydrogens is 218 g/mol. The van der Waals surface area contributed by atoms with Gasteiger partial charge in [0.2, 0.25) is 0 Å². The minimum absolute atomic E-state index is 0.533. The predicted molar refractivity (Wildman–Crippen MR) is 65.2 cm³/mol. The molecule has 0 amide bonds. The molecule has 0 aromatic heterocycles. The second-order valence-electron chi connectivity index (χ2n) is 4.37. The normalized spacial score (nSPS) is 17.4. The molecule has 0 saturated heterocycles. The molecule has 94 valence electrons. The van der Waals surface area contributed by atoms with Crippen molar-refractivity contribution in [3.05, 3.63) is 29.3 Å². The van der Waals surface area contributed by atoms with Crippen molar-refractivity contribution >= 4 is 0 Å². The number of nitrogens with one attached hydrogen (secondary N) is 1. The number of hydrogen-bond donors (Lipinski definition) is 3. The van der Waals surface area contributed by atoms with E-state index in [0.717, 1.165) is 23.3 Å². The minimum Gasteiger partial charge on any atom is -0.493 e. The molecular formula is C13H19NO3. The number of fused-ring (bicyclic) bond motifs is 1. The lowest BCUT2D eigenvalue weighted by Gasteiger charge is -2.18. The molecule has 17 heavy (non-hydrogen) atoms. The third-order valence-corrected chi connectivity index (χ3v) is 3.11. The second kappa shape index (κ2) is 5.49. The van der Waals surface area contributed by atoms with E-state index >= 15 is 0 Å². The first-order valence-corrected chi connectivity index (χ1v) is 5.98. The van der Waals surface area contributed by atoms with Gasteiger partial charge in [0.1, 0.15) is 11.9 Å². The van der Waals surface area contributed by atoms with Gasteiger partial charge in [-0.1, -0.05) is 6.07 Å². The van der Waals surface area contributed by atoms with Crippen molar-refractivity contribution in [2.45, 2.75) is 25.0 Å². The molecule has 0 saturated carbocycles. The number of hydrogen-bond acceptors (Lipinski definition) is 4. The van der Waals surface area contributed by atoms with E-state index in [4.69, 9.17) is 4.74 Å². The maximum atomic E-state index is 10.0. The van der Waals surface area contributed by atoms with E-state index < -0.39 is 12.2 Å². The first-order chi connectivity index (χ1) is 8.22. The Morgan fingerprint density at radius 2 is 2.24 bits per heavy atom. The zero-order chi connectivity index (χ0) is 12.3. The molecule has 1 heterocycles. The Bertz CT molecular complexity index is 381. The van der Waals surface area contributed by atoms with Crippen LogP contribution in [0.15, 0.2) is 18.2 Å². The van der Waals surface area contributed by atoms with E-state index in [1.54, 1.807) is 0 Å². The smallest absolute Gasteiger partial charge is 0.122 e. The Labute approximate surface area is 101 Å². The van der Waals surface area contributed by atoms with Gasteiger partial charge in [-0.2, -0.15) is 0 Å². The number of ether oxygens (including phenoxy) is 1. The third kappa shape index (κ3) is 2.77. The fourth-order valence-electron chi connectivity index (χ4n) is 2.06. The first kappa shape index (κ1) is 12.4. The van der Waals surface area contributed by atoms with Crippen molar-refractivity contribution in [3.63, 3.8) is 0 Å². The molecule has 0 bridgehead atoms. The van der Waals surface area contributed by atoms with Crippen LogP contribution in [-0.4, -0.2) is 36.5 Å². The Morgan fingerprint density at radius 3 is 3.00 bits per heavy atom. The number of aliphatic hydroxyl groups is 2. The monoisotopic (exact) mass is 237 g/mol. The van der Waals surface area contributed by atoms with Gasteiger partial charge in [-0.3, -0.25) is 0 Å². The van der Waals surface area contributed by atoms with Crippen molar-refractivity contribution in [1.29, 1.82) is 0 Å². The fraction of sp³-hybridized carbons (Fsp3) is 0.538. The van der Waals surface area contributed by atoms with Crippen molar-refractivity contribution in [2.75, 3.05) is 20.2 Å². The highest BCUT2D eigenvalue weighted by Crippen LogP contribution is 2.29. The van der Waals surface area contributed by atoms with Crippen molar-refractivity contribution in [2.24, 2.45) is 0 Å². The largest absolute Gasteiger partial charge is 0.493 e. The average molecular weight is 237 g/mol. The van der Waals surface area contributed by atoms with E-state index in [2.05, 4.69) is 5.32 Å². The van der Waals surface area contributed by atoms with Crippen LogP contribution in [0.3, 0.4) is 0 Å². The molecule has 2 rings (SSSR count). The zero-order valence-electron chi connectivity index (χ0n) is 10.0. The molecule has 2 atom stereocenters. The summed E-state index contributed by atoms with van der Waals surface area (Å²) in [4.78, 5) is 0. The van der Waals surface area contributed by atoms with Crippen LogP contribution in [-0.2, 0) is 6.42 Å². The maximum Gasteiger partial charge on any atom is 0.122 e. The number of benzene rings is 1. The van der Waals surface area contributed by atoms with E-state index in [0.29, 0.717) is 19.6 Å². The van der Waals surface area contributed by atoms with Gasteiger partial charge in [-0.25, -0.2) is 0 Å². The molecule has 3 N–H and O–H groups in total. The van der Waals surface area contributed by atoms with Crippen LogP contribution in [0, 0.1) is 0 Å². The summed E-state index contributed by atoms with van der Waals surface area (Å²) < 4.78 is 5.40. The van der Waals surface area contributed by atoms with Crippen LogP contribution in [0.4, 0.5) is 0 Å². The Kier molecular flexibility index (Phi) is 3.99. The Morgan fingerprint density at radius 1 is 1.41 bits per heavy atom. The summed E-state index contributed by atoms with van der Waals surface area (Å²) in [5, 5.41) is 22.8. The highest BCUT2D eigenvalue weighted by molar-refractivity contribution is 5.40. The van der Waals surface area contributed by atoms with Crippen LogP contribution in [0.1, 0.15) is 23.7 Å². The molecule has 0 spiro atoms. The molecule has 1 aromatic carbocycles. The lowest BCUT2D eigenvalue weighted by atomic mass is 9.99. The van der Waals surface area contributed by atoms with Gasteiger partial charge in [0.25, 0.3) is 0 Å². The molecule has 4 heteroatoms. The van der Waals surface area contributed by atoms with Crippen LogP contribution in [0.25, 0.3) is 0 Å². The molecule has 2 unspecified atom stereocenters. The first-order valence-electron chi connectivity index (χ1n) is 5.98. The summed E-state index contributed by atoms with van der Waals surface area (Å²) in [6.07, 6.45) is -0.148. The van der Waals surface area contributed by atoms with Crippen LogP contribution >= 0.6 is 0 Å². The summed E-state index contributed by atoms with van der Waals surface area (Å²) in [7, 11) is 1.83. The average Bonchev–Trinajstić information content (AvgIpc) is 2.81. The molecule has 0 fully saturated rings. The van der Waals surface area contributed by atoms with Gasteiger partial charge in [-0.15, -0.1) is 0 Å². The quantitative estimate of drug-likeness (QED) is 0.703. The SMILES string of the molecule is CNCCC(O)C(O)c1ccc2c(c1)CCO2. The zero-order valence-corrected chi connectivity index (χ0v) is 10.0. The number of aliphatic hydroxyl groups excluding tert-OH is 2. The summed E-state index contributed by atoms with van der Waals surface area (Å²) in [6, 6.07) is 5.61. The van der Waals surface area contributed by atoms with E-state index in [1.807, 2.05) is 25.2 Å². The highest BCUT2D eigenvalue weighted by atomic mass is 16.5. The van der Waals surface area contributed by atoms with Crippen LogP contribution in [0.2, 0.25) is 0 Å². The Hall–Kier alpha value is -1.10. The predicted octanol–water partition coefficient (Wildman–Crippen LogP) is 0.625. The molecule has 0 aliphatic carbocycles. The van der Waals surface area contributed by atoms with Crippen LogP contribution < -0.4 is 10.1 Å². The lowest BCUT2D eigenvalue weighted by Crippen LogP contribution is -2.23. The van der Waals surface area contributed by atoms with Gasteiger partial charge in [0.15, 0.2) is 0 Å². The van der Waals surface area contributed by atoms with Crippen molar-refractivity contribution in [3.8, 4) is 5.75 Å². The molecule has 4 nitrogen and oxygen atoms in total. The molecule has 0 radical (unpaired) electrons. The summed E-state index contributed by atoms with van der Waals surface area (Å²) >= 11 is 0. The standard InChI is InChI=1S/C13H19NO3/c1-14-6-4-11(15)13(16)10-2-3-12-9(8-10)5-7-17-12/h2-3,8,11,13-16H,4-7H2,1H3.